The minimum atomic E-state index is -0.261. The number of rotatable bonds is 3. The predicted molar refractivity (Wildman–Crippen MR) is 71.5 cm³/mol. The highest BCUT2D eigenvalue weighted by Crippen LogP contribution is 2.27. The van der Waals surface area contributed by atoms with Gasteiger partial charge in [-0.1, -0.05) is 24.1 Å². The first-order valence-corrected chi connectivity index (χ1v) is 6.47. The van der Waals surface area contributed by atoms with Crippen LogP contribution in [0.25, 0.3) is 0 Å². The second-order valence-corrected chi connectivity index (χ2v) is 5.06. The zero-order valence-corrected chi connectivity index (χ0v) is 10.8. The Morgan fingerprint density at radius 2 is 2.28 bits per heavy atom. The molecule has 1 aliphatic rings. The summed E-state index contributed by atoms with van der Waals surface area (Å²) in [6, 6.07) is 5.02. The summed E-state index contributed by atoms with van der Waals surface area (Å²) in [6.45, 7) is 0.100. The first-order valence-electron chi connectivity index (χ1n) is 6.09. The molecule has 1 aromatic carbocycles. The van der Waals surface area contributed by atoms with Gasteiger partial charge in [-0.3, -0.25) is 4.79 Å². The molecule has 0 aromatic heterocycles. The normalized spacial score (nSPS) is 23.0. The van der Waals surface area contributed by atoms with E-state index < -0.39 is 0 Å². The fourth-order valence-electron chi connectivity index (χ4n) is 2.47. The summed E-state index contributed by atoms with van der Waals surface area (Å²) in [5.74, 6) is -0.124. The molecule has 2 atom stereocenters. The van der Waals surface area contributed by atoms with Gasteiger partial charge in [-0.25, -0.2) is 0 Å². The molecule has 2 unspecified atom stereocenters. The molecule has 1 aromatic rings. The first-order chi connectivity index (χ1) is 8.63. The number of benzene rings is 1. The molecule has 1 aliphatic carbocycles. The summed E-state index contributed by atoms with van der Waals surface area (Å²) in [4.78, 5) is 12.1. The molecule has 1 fully saturated rings. The smallest absolute Gasteiger partial charge is 0.255 e. The zero-order valence-electron chi connectivity index (χ0n) is 10.0. The van der Waals surface area contributed by atoms with Crippen molar-refractivity contribution in [3.8, 4) is 0 Å². The van der Waals surface area contributed by atoms with Crippen molar-refractivity contribution in [3.05, 3.63) is 28.8 Å². The number of aliphatic hydroxyl groups excluding tert-OH is 1. The number of aliphatic hydroxyl groups is 1. The third kappa shape index (κ3) is 2.60. The van der Waals surface area contributed by atoms with Crippen LogP contribution in [0.15, 0.2) is 18.2 Å². The molecular formula is C13H17ClN2O2. The number of nitrogen functional groups attached to an aromatic ring is 1. The predicted octanol–water partition coefficient (Wildman–Crippen LogP) is 1.81. The van der Waals surface area contributed by atoms with Crippen molar-refractivity contribution >= 4 is 23.2 Å². The highest BCUT2D eigenvalue weighted by Gasteiger charge is 2.29. The first kappa shape index (κ1) is 13.2. The SMILES string of the molecule is Nc1cccc(Cl)c1C(=O)NC1CCCC1CO. The van der Waals surface area contributed by atoms with E-state index in [0.29, 0.717) is 16.3 Å². The topological polar surface area (TPSA) is 75.4 Å². The van der Waals surface area contributed by atoms with Crippen molar-refractivity contribution < 1.29 is 9.90 Å². The lowest BCUT2D eigenvalue weighted by molar-refractivity contribution is 0.0917. The van der Waals surface area contributed by atoms with Gasteiger partial charge >= 0.3 is 0 Å². The Labute approximate surface area is 111 Å². The molecule has 0 aliphatic heterocycles. The van der Waals surface area contributed by atoms with E-state index in [0.717, 1.165) is 19.3 Å². The largest absolute Gasteiger partial charge is 0.398 e. The minimum Gasteiger partial charge on any atom is -0.398 e. The highest BCUT2D eigenvalue weighted by atomic mass is 35.5. The molecule has 18 heavy (non-hydrogen) atoms. The van der Waals surface area contributed by atoms with E-state index in [-0.39, 0.29) is 24.5 Å². The second-order valence-electron chi connectivity index (χ2n) is 4.66. The summed E-state index contributed by atoms with van der Waals surface area (Å²) in [5.41, 5.74) is 6.46. The van der Waals surface area contributed by atoms with Crippen LogP contribution >= 0.6 is 11.6 Å². The molecule has 0 heterocycles. The molecule has 0 spiro atoms. The van der Waals surface area contributed by atoms with Gasteiger partial charge in [0.15, 0.2) is 0 Å². The van der Waals surface area contributed by atoms with E-state index in [1.807, 2.05) is 0 Å². The summed E-state index contributed by atoms with van der Waals surface area (Å²) >= 11 is 5.99. The van der Waals surface area contributed by atoms with Gasteiger partial charge in [-0.15, -0.1) is 0 Å². The zero-order chi connectivity index (χ0) is 13.1. The van der Waals surface area contributed by atoms with Crippen molar-refractivity contribution in [1.82, 2.24) is 5.32 Å². The standard InChI is InChI=1S/C13H17ClN2O2/c14-9-4-2-5-10(15)12(9)13(18)16-11-6-1-3-8(11)7-17/h2,4-5,8,11,17H,1,3,6-7,15H2,(H,16,18). The maximum atomic E-state index is 12.1. The molecule has 1 amide bonds. The second kappa shape index (κ2) is 5.59. The molecule has 5 heteroatoms. The van der Waals surface area contributed by atoms with Crippen LogP contribution in [0, 0.1) is 5.92 Å². The lowest BCUT2D eigenvalue weighted by Gasteiger charge is -2.19. The van der Waals surface area contributed by atoms with E-state index in [4.69, 9.17) is 17.3 Å². The van der Waals surface area contributed by atoms with E-state index >= 15 is 0 Å². The molecule has 4 N–H and O–H groups in total. The number of halogens is 1. The number of carbonyl (C=O) groups is 1. The van der Waals surface area contributed by atoms with Crippen LogP contribution in [0.2, 0.25) is 5.02 Å². The van der Waals surface area contributed by atoms with Crippen molar-refractivity contribution in [1.29, 1.82) is 0 Å². The van der Waals surface area contributed by atoms with Crippen molar-refractivity contribution in [2.45, 2.75) is 25.3 Å². The van der Waals surface area contributed by atoms with Crippen LogP contribution in [0.5, 0.6) is 0 Å². The molecule has 0 saturated heterocycles. The molecule has 1 saturated carbocycles. The molecule has 98 valence electrons. The van der Waals surface area contributed by atoms with Crippen LogP contribution in [-0.4, -0.2) is 23.7 Å². The van der Waals surface area contributed by atoms with Gasteiger partial charge in [0.1, 0.15) is 0 Å². The average Bonchev–Trinajstić information content (AvgIpc) is 2.76. The molecule has 2 rings (SSSR count). The maximum absolute atomic E-state index is 12.1. The average molecular weight is 269 g/mol. The van der Waals surface area contributed by atoms with Crippen LogP contribution in [0.4, 0.5) is 5.69 Å². The van der Waals surface area contributed by atoms with Gasteiger partial charge in [0.25, 0.3) is 5.91 Å². The Morgan fingerprint density at radius 3 is 2.94 bits per heavy atom. The number of anilines is 1. The van der Waals surface area contributed by atoms with Crippen LogP contribution in [0.3, 0.4) is 0 Å². The molecule has 0 radical (unpaired) electrons. The van der Waals surface area contributed by atoms with E-state index in [9.17, 15) is 9.90 Å². The Kier molecular flexibility index (Phi) is 4.09. The fourth-order valence-corrected chi connectivity index (χ4v) is 2.73. The van der Waals surface area contributed by atoms with Crippen molar-refractivity contribution in [2.24, 2.45) is 5.92 Å². The minimum absolute atomic E-state index is 0.0122. The number of carbonyl (C=O) groups excluding carboxylic acids is 1. The van der Waals surface area contributed by atoms with Gasteiger partial charge in [-0.2, -0.15) is 0 Å². The molecule has 0 bridgehead atoms. The van der Waals surface area contributed by atoms with E-state index in [1.54, 1.807) is 18.2 Å². The van der Waals surface area contributed by atoms with Crippen LogP contribution in [0.1, 0.15) is 29.6 Å². The third-order valence-corrected chi connectivity index (χ3v) is 3.80. The Morgan fingerprint density at radius 1 is 1.50 bits per heavy atom. The summed E-state index contributed by atoms with van der Waals surface area (Å²) in [6.07, 6.45) is 2.86. The van der Waals surface area contributed by atoms with Crippen LogP contribution < -0.4 is 11.1 Å². The van der Waals surface area contributed by atoms with Gasteiger partial charge in [0, 0.05) is 24.3 Å². The van der Waals surface area contributed by atoms with Crippen molar-refractivity contribution in [2.75, 3.05) is 12.3 Å². The quantitative estimate of drug-likeness (QED) is 0.732. The lowest BCUT2D eigenvalue weighted by atomic mass is 10.0. The Bertz CT molecular complexity index is 430. The van der Waals surface area contributed by atoms with Gasteiger partial charge < -0.3 is 16.2 Å². The summed E-state index contributed by atoms with van der Waals surface area (Å²) in [7, 11) is 0. The number of nitrogens with one attached hydrogen (secondary N) is 1. The molecular weight excluding hydrogens is 252 g/mol. The van der Waals surface area contributed by atoms with E-state index in [2.05, 4.69) is 5.32 Å². The van der Waals surface area contributed by atoms with Crippen LogP contribution in [-0.2, 0) is 0 Å². The maximum Gasteiger partial charge on any atom is 0.255 e. The lowest BCUT2D eigenvalue weighted by Crippen LogP contribution is -2.38. The Balaban J connectivity index is 2.12. The van der Waals surface area contributed by atoms with Gasteiger partial charge in [-0.05, 0) is 25.0 Å². The number of hydrogen-bond donors (Lipinski definition) is 3. The highest BCUT2D eigenvalue weighted by molar-refractivity contribution is 6.34. The summed E-state index contributed by atoms with van der Waals surface area (Å²) < 4.78 is 0. The number of hydrogen-bond acceptors (Lipinski definition) is 3. The van der Waals surface area contributed by atoms with E-state index in [1.165, 1.54) is 0 Å². The number of amides is 1. The fraction of sp³-hybridized carbons (Fsp3) is 0.462. The van der Waals surface area contributed by atoms with Gasteiger partial charge in [0.2, 0.25) is 0 Å². The molecule has 4 nitrogen and oxygen atoms in total. The monoisotopic (exact) mass is 268 g/mol. The summed E-state index contributed by atoms with van der Waals surface area (Å²) in [5, 5.41) is 12.5. The number of nitrogens with two attached hydrogens (primary N) is 1. The van der Waals surface area contributed by atoms with Gasteiger partial charge in [0.05, 0.1) is 10.6 Å². The third-order valence-electron chi connectivity index (χ3n) is 3.48. The van der Waals surface area contributed by atoms with Crippen molar-refractivity contribution in [3.63, 3.8) is 0 Å². The Hall–Kier alpha value is -1.26.